The highest BCUT2D eigenvalue weighted by Gasteiger charge is 2.36. The molecule has 31 heavy (non-hydrogen) atoms. The predicted octanol–water partition coefficient (Wildman–Crippen LogP) is 3.68. The summed E-state index contributed by atoms with van der Waals surface area (Å²) in [4.78, 5) is 27.5. The summed E-state index contributed by atoms with van der Waals surface area (Å²) in [5.41, 5.74) is 2.31. The zero-order chi connectivity index (χ0) is 22.6. The van der Waals surface area contributed by atoms with Gasteiger partial charge in [0.05, 0.1) is 20.8 Å². The van der Waals surface area contributed by atoms with Crippen LogP contribution in [0.5, 0.6) is 11.5 Å². The molecule has 1 heterocycles. The number of nitrogens with one attached hydrogen (secondary N) is 1. The molecule has 1 aliphatic heterocycles. The number of carbonyl (C=O) groups excluding carboxylic acids is 2. The maximum Gasteiger partial charge on any atom is 0.411 e. The minimum Gasteiger partial charge on any atom is -0.493 e. The maximum atomic E-state index is 13.1. The molecule has 0 spiro atoms. The van der Waals surface area contributed by atoms with Crippen LogP contribution < -0.4 is 14.8 Å². The number of benzene rings is 2. The van der Waals surface area contributed by atoms with Crippen molar-refractivity contribution < 1.29 is 23.8 Å². The minimum absolute atomic E-state index is 0.227. The largest absolute Gasteiger partial charge is 0.493 e. The first kappa shape index (κ1) is 22.5. The molecule has 1 atom stereocenters. The van der Waals surface area contributed by atoms with Crippen molar-refractivity contribution in [1.29, 1.82) is 0 Å². The highest BCUT2D eigenvalue weighted by atomic mass is 16.6. The molecular weight excluding hydrogens is 396 g/mol. The van der Waals surface area contributed by atoms with E-state index < -0.39 is 17.7 Å². The Bertz CT molecular complexity index is 951. The second-order valence-corrected chi connectivity index (χ2v) is 8.50. The summed E-state index contributed by atoms with van der Waals surface area (Å²) >= 11 is 0. The summed E-state index contributed by atoms with van der Waals surface area (Å²) in [5.74, 6) is 0.990. The lowest BCUT2D eigenvalue weighted by Gasteiger charge is -2.36. The second-order valence-electron chi connectivity index (χ2n) is 8.50. The monoisotopic (exact) mass is 426 g/mol. The Balaban J connectivity index is 1.77. The first-order valence-electron chi connectivity index (χ1n) is 10.3. The molecule has 0 radical (unpaired) electrons. The smallest absolute Gasteiger partial charge is 0.411 e. The third-order valence-electron chi connectivity index (χ3n) is 5.09. The van der Waals surface area contributed by atoms with Gasteiger partial charge >= 0.3 is 6.09 Å². The number of fused-ring (bicyclic) bond motifs is 1. The van der Waals surface area contributed by atoms with E-state index in [2.05, 4.69) is 5.32 Å². The SMILES string of the molecule is COc1ccc(CNC(=O)C2Cc3ccccc3CN2C(=O)OC(C)(C)C)cc1OC. The molecule has 3 rings (SSSR count). The molecule has 2 aromatic rings. The van der Waals surface area contributed by atoms with Crippen LogP contribution in [-0.4, -0.2) is 42.8 Å². The fourth-order valence-corrected chi connectivity index (χ4v) is 3.57. The zero-order valence-electron chi connectivity index (χ0n) is 18.7. The Morgan fingerprint density at radius 2 is 1.71 bits per heavy atom. The third kappa shape index (κ3) is 5.48. The van der Waals surface area contributed by atoms with Crippen LogP contribution in [0, 0.1) is 0 Å². The van der Waals surface area contributed by atoms with Gasteiger partial charge in [-0.05, 0) is 49.6 Å². The molecule has 0 fully saturated rings. The average molecular weight is 427 g/mol. The Labute approximate surface area is 183 Å². The molecule has 0 saturated carbocycles. The summed E-state index contributed by atoms with van der Waals surface area (Å²) < 4.78 is 16.1. The van der Waals surface area contributed by atoms with Crippen LogP contribution in [0.25, 0.3) is 0 Å². The highest BCUT2D eigenvalue weighted by Crippen LogP contribution is 2.28. The van der Waals surface area contributed by atoms with E-state index in [4.69, 9.17) is 14.2 Å². The van der Waals surface area contributed by atoms with Gasteiger partial charge in [0.15, 0.2) is 11.5 Å². The van der Waals surface area contributed by atoms with Crippen LogP contribution in [0.3, 0.4) is 0 Å². The minimum atomic E-state index is -0.648. The van der Waals surface area contributed by atoms with Crippen molar-refractivity contribution in [3.63, 3.8) is 0 Å². The Kier molecular flexibility index (Phi) is 6.73. The lowest BCUT2D eigenvalue weighted by Crippen LogP contribution is -2.53. The summed E-state index contributed by atoms with van der Waals surface area (Å²) in [6, 6.07) is 12.7. The van der Waals surface area contributed by atoms with Crippen LogP contribution in [-0.2, 0) is 29.0 Å². The molecule has 0 aromatic heterocycles. The molecule has 7 heteroatoms. The Hall–Kier alpha value is -3.22. The van der Waals surface area contributed by atoms with Gasteiger partial charge in [-0.15, -0.1) is 0 Å². The van der Waals surface area contributed by atoms with E-state index in [0.717, 1.165) is 16.7 Å². The Morgan fingerprint density at radius 1 is 1.03 bits per heavy atom. The van der Waals surface area contributed by atoms with Crippen molar-refractivity contribution >= 4 is 12.0 Å². The van der Waals surface area contributed by atoms with Gasteiger partial charge in [0.25, 0.3) is 0 Å². The lowest BCUT2D eigenvalue weighted by atomic mass is 9.93. The quantitative estimate of drug-likeness (QED) is 0.789. The van der Waals surface area contributed by atoms with Crippen LogP contribution in [0.2, 0.25) is 0 Å². The molecule has 1 aliphatic rings. The maximum absolute atomic E-state index is 13.1. The molecule has 7 nitrogen and oxygen atoms in total. The first-order chi connectivity index (χ1) is 14.7. The number of nitrogens with zero attached hydrogens (tertiary/aromatic N) is 1. The van der Waals surface area contributed by atoms with Gasteiger partial charge in [0.1, 0.15) is 11.6 Å². The fourth-order valence-electron chi connectivity index (χ4n) is 3.57. The van der Waals surface area contributed by atoms with Crippen molar-refractivity contribution in [3.8, 4) is 11.5 Å². The standard InChI is InChI=1S/C24H30N2O5/c1-24(2,3)31-23(28)26-15-18-9-7-6-8-17(18)13-19(26)22(27)25-14-16-10-11-20(29-4)21(12-16)30-5/h6-12,19H,13-15H2,1-5H3,(H,25,27). The molecule has 2 aromatic carbocycles. The van der Waals surface area contributed by atoms with Crippen molar-refractivity contribution in [2.75, 3.05) is 14.2 Å². The van der Waals surface area contributed by atoms with Gasteiger partial charge in [-0.3, -0.25) is 9.69 Å². The Morgan fingerprint density at radius 3 is 2.35 bits per heavy atom. The number of carbonyl (C=O) groups is 2. The molecule has 1 N–H and O–H groups in total. The van der Waals surface area contributed by atoms with Gasteiger partial charge in [0.2, 0.25) is 5.91 Å². The van der Waals surface area contributed by atoms with E-state index in [0.29, 0.717) is 31.0 Å². The van der Waals surface area contributed by atoms with Crippen LogP contribution >= 0.6 is 0 Å². The number of hydrogen-bond acceptors (Lipinski definition) is 5. The summed E-state index contributed by atoms with van der Waals surface area (Å²) in [6.07, 6.45) is -0.0547. The van der Waals surface area contributed by atoms with Crippen molar-refractivity contribution in [1.82, 2.24) is 10.2 Å². The molecule has 0 aliphatic carbocycles. The van der Waals surface area contributed by atoms with Gasteiger partial charge in [-0.2, -0.15) is 0 Å². The number of ether oxygens (including phenoxy) is 3. The molecule has 1 unspecified atom stereocenters. The molecule has 2 amide bonds. The summed E-state index contributed by atoms with van der Waals surface area (Å²) in [6.45, 7) is 6.08. The molecule has 166 valence electrons. The van der Waals surface area contributed by atoms with Crippen LogP contribution in [0.1, 0.15) is 37.5 Å². The van der Waals surface area contributed by atoms with Crippen LogP contribution in [0.15, 0.2) is 42.5 Å². The molecular formula is C24H30N2O5. The van der Waals surface area contributed by atoms with Gasteiger partial charge in [0, 0.05) is 13.0 Å². The van der Waals surface area contributed by atoms with Gasteiger partial charge in [-0.25, -0.2) is 4.79 Å². The third-order valence-corrected chi connectivity index (χ3v) is 5.09. The van der Waals surface area contributed by atoms with Crippen LogP contribution in [0.4, 0.5) is 4.79 Å². The van der Waals surface area contributed by atoms with E-state index in [1.807, 2.05) is 57.2 Å². The van der Waals surface area contributed by atoms with Crippen molar-refractivity contribution in [2.45, 2.75) is 51.9 Å². The van der Waals surface area contributed by atoms with Crippen molar-refractivity contribution in [2.24, 2.45) is 0 Å². The zero-order valence-corrected chi connectivity index (χ0v) is 18.7. The van der Waals surface area contributed by atoms with Crippen molar-refractivity contribution in [3.05, 3.63) is 59.2 Å². The molecule has 0 saturated heterocycles. The molecule has 0 bridgehead atoms. The first-order valence-corrected chi connectivity index (χ1v) is 10.3. The second kappa shape index (κ2) is 9.29. The number of rotatable bonds is 5. The lowest BCUT2D eigenvalue weighted by molar-refractivity contribution is -0.127. The number of hydrogen-bond donors (Lipinski definition) is 1. The number of amides is 2. The summed E-state index contributed by atoms with van der Waals surface area (Å²) in [7, 11) is 3.14. The fraction of sp³-hybridized carbons (Fsp3) is 0.417. The van der Waals surface area contributed by atoms with E-state index in [-0.39, 0.29) is 5.91 Å². The van der Waals surface area contributed by atoms with E-state index in [1.54, 1.807) is 20.3 Å². The van der Waals surface area contributed by atoms with E-state index in [1.165, 1.54) is 4.90 Å². The van der Waals surface area contributed by atoms with E-state index >= 15 is 0 Å². The highest BCUT2D eigenvalue weighted by molar-refractivity contribution is 5.86. The van der Waals surface area contributed by atoms with Gasteiger partial charge in [-0.1, -0.05) is 30.3 Å². The topological polar surface area (TPSA) is 77.1 Å². The van der Waals surface area contributed by atoms with E-state index in [9.17, 15) is 9.59 Å². The normalized spacial score (nSPS) is 15.6. The van der Waals surface area contributed by atoms with Gasteiger partial charge < -0.3 is 19.5 Å². The predicted molar refractivity (Wildman–Crippen MR) is 117 cm³/mol. The number of methoxy groups -OCH3 is 2. The average Bonchev–Trinajstić information content (AvgIpc) is 2.75. The summed E-state index contributed by atoms with van der Waals surface area (Å²) in [5, 5.41) is 2.95.